The van der Waals surface area contributed by atoms with Crippen molar-refractivity contribution in [1.82, 2.24) is 20.1 Å². The lowest BCUT2D eigenvalue weighted by molar-refractivity contribution is -0.116. The molecule has 7 nitrogen and oxygen atoms in total. The first-order chi connectivity index (χ1) is 18.4. The van der Waals surface area contributed by atoms with Crippen LogP contribution in [0.4, 0.5) is 5.69 Å². The molecule has 0 spiro atoms. The van der Waals surface area contributed by atoms with Crippen LogP contribution in [0.1, 0.15) is 28.2 Å². The molecule has 1 aliphatic rings. The Morgan fingerprint density at radius 3 is 2.63 bits per heavy atom. The number of aryl methyl sites for hydroxylation is 1. The number of para-hydroxylation sites is 1. The second kappa shape index (κ2) is 11.9. The SMILES string of the molecule is O=C(NCc1nnc(SCC(=O)N2CCCc3ccccc32)n1-c1ccc(Br)cc1)c1cc(Cl)ccc1Cl. The lowest BCUT2D eigenvalue weighted by Crippen LogP contribution is -2.36. The average molecular weight is 631 g/mol. The van der Waals surface area contributed by atoms with Gasteiger partial charge in [0.25, 0.3) is 5.91 Å². The molecule has 38 heavy (non-hydrogen) atoms. The summed E-state index contributed by atoms with van der Waals surface area (Å²) in [6.07, 6.45) is 1.91. The molecule has 4 aromatic rings. The Bertz CT molecular complexity index is 1500. The molecule has 0 saturated carbocycles. The summed E-state index contributed by atoms with van der Waals surface area (Å²) in [5.74, 6) is 0.346. The van der Waals surface area contributed by atoms with Crippen LogP contribution in [0, 0.1) is 0 Å². The fourth-order valence-corrected chi connectivity index (χ4v) is 5.77. The highest BCUT2D eigenvalue weighted by Gasteiger charge is 2.24. The van der Waals surface area contributed by atoms with Gasteiger partial charge in [0.15, 0.2) is 11.0 Å². The van der Waals surface area contributed by atoms with Crippen molar-refractivity contribution in [3.8, 4) is 5.69 Å². The van der Waals surface area contributed by atoms with Crippen molar-refractivity contribution < 1.29 is 9.59 Å². The van der Waals surface area contributed by atoms with E-state index in [1.54, 1.807) is 12.1 Å². The largest absolute Gasteiger partial charge is 0.345 e. The Morgan fingerprint density at radius 2 is 1.82 bits per heavy atom. The fraction of sp³-hybridized carbons (Fsp3) is 0.185. The number of halogens is 3. The van der Waals surface area contributed by atoms with Gasteiger partial charge in [0.05, 0.1) is 22.9 Å². The van der Waals surface area contributed by atoms with E-state index in [0.717, 1.165) is 28.7 Å². The third-order valence-electron chi connectivity index (χ3n) is 6.10. The topological polar surface area (TPSA) is 80.1 Å². The van der Waals surface area contributed by atoms with E-state index in [9.17, 15) is 9.59 Å². The van der Waals surface area contributed by atoms with Gasteiger partial charge in [-0.1, -0.05) is 69.1 Å². The molecule has 2 amide bonds. The van der Waals surface area contributed by atoms with Crippen LogP contribution in [0.5, 0.6) is 0 Å². The molecule has 0 saturated heterocycles. The van der Waals surface area contributed by atoms with Crippen LogP contribution in [0.25, 0.3) is 5.69 Å². The highest BCUT2D eigenvalue weighted by atomic mass is 79.9. The maximum Gasteiger partial charge on any atom is 0.253 e. The normalized spacial score (nSPS) is 12.8. The van der Waals surface area contributed by atoms with Crippen molar-refractivity contribution in [2.75, 3.05) is 17.2 Å². The number of anilines is 1. The van der Waals surface area contributed by atoms with E-state index in [2.05, 4.69) is 37.5 Å². The molecule has 11 heteroatoms. The van der Waals surface area contributed by atoms with E-state index < -0.39 is 0 Å². The molecule has 1 N–H and O–H groups in total. The van der Waals surface area contributed by atoms with E-state index in [1.165, 1.54) is 23.4 Å². The molecule has 0 fully saturated rings. The molecule has 1 aromatic heterocycles. The van der Waals surface area contributed by atoms with Gasteiger partial charge >= 0.3 is 0 Å². The highest BCUT2D eigenvalue weighted by Crippen LogP contribution is 2.29. The molecular weight excluding hydrogens is 609 g/mol. The van der Waals surface area contributed by atoms with E-state index in [0.29, 0.717) is 27.6 Å². The Balaban J connectivity index is 1.36. The molecule has 0 bridgehead atoms. The summed E-state index contributed by atoms with van der Waals surface area (Å²) in [5.41, 5.74) is 3.24. The minimum atomic E-state index is -0.379. The maximum absolute atomic E-state index is 13.2. The van der Waals surface area contributed by atoms with Crippen LogP contribution >= 0.6 is 50.9 Å². The summed E-state index contributed by atoms with van der Waals surface area (Å²) in [6, 6.07) is 20.4. The molecule has 0 aliphatic carbocycles. The van der Waals surface area contributed by atoms with Crippen molar-refractivity contribution in [2.45, 2.75) is 24.5 Å². The first-order valence-corrected chi connectivity index (χ1v) is 14.4. The van der Waals surface area contributed by atoms with Crippen molar-refractivity contribution in [3.05, 3.63) is 98.2 Å². The molecule has 0 atom stereocenters. The van der Waals surface area contributed by atoms with E-state index in [4.69, 9.17) is 23.2 Å². The second-order valence-electron chi connectivity index (χ2n) is 8.58. The number of fused-ring (bicyclic) bond motifs is 1. The predicted octanol–water partition coefficient (Wildman–Crippen LogP) is 6.34. The van der Waals surface area contributed by atoms with Gasteiger partial charge in [-0.15, -0.1) is 10.2 Å². The molecule has 2 heterocycles. The standard InChI is InChI=1S/C27H22BrCl2N5O2S/c28-18-7-10-20(11-8-18)35-24(15-31-26(37)21-14-19(29)9-12-22(21)30)32-33-27(35)38-16-25(36)34-13-3-5-17-4-1-2-6-23(17)34/h1-2,4,6-12,14H,3,5,13,15-16H2,(H,31,37). The predicted molar refractivity (Wildman–Crippen MR) is 155 cm³/mol. The number of amides is 2. The summed E-state index contributed by atoms with van der Waals surface area (Å²) >= 11 is 17.0. The van der Waals surface area contributed by atoms with Crippen LogP contribution in [-0.2, 0) is 17.8 Å². The number of aromatic nitrogens is 3. The highest BCUT2D eigenvalue weighted by molar-refractivity contribution is 9.10. The monoisotopic (exact) mass is 629 g/mol. The minimum absolute atomic E-state index is 0.0120. The number of carbonyl (C=O) groups is 2. The number of benzene rings is 3. The Kier molecular flexibility index (Phi) is 8.38. The third kappa shape index (κ3) is 5.91. The number of hydrogen-bond donors (Lipinski definition) is 1. The van der Waals surface area contributed by atoms with Crippen LogP contribution < -0.4 is 10.2 Å². The lowest BCUT2D eigenvalue weighted by atomic mass is 10.0. The molecule has 5 rings (SSSR count). The smallest absolute Gasteiger partial charge is 0.253 e. The van der Waals surface area contributed by atoms with Crippen molar-refractivity contribution in [1.29, 1.82) is 0 Å². The molecule has 1 aliphatic heterocycles. The number of thioether (sulfide) groups is 1. The van der Waals surface area contributed by atoms with Gasteiger partial charge in [0, 0.05) is 27.4 Å². The quantitative estimate of drug-likeness (QED) is 0.241. The van der Waals surface area contributed by atoms with Crippen LogP contribution in [0.3, 0.4) is 0 Å². The number of nitrogens with zero attached hydrogens (tertiary/aromatic N) is 4. The first-order valence-electron chi connectivity index (χ1n) is 11.9. The van der Waals surface area contributed by atoms with Crippen molar-refractivity contribution >= 4 is 68.4 Å². The van der Waals surface area contributed by atoms with Gasteiger partial charge in [0.1, 0.15) is 0 Å². The zero-order chi connectivity index (χ0) is 26.6. The van der Waals surface area contributed by atoms with E-state index in [1.807, 2.05) is 51.9 Å². The van der Waals surface area contributed by atoms with Gasteiger partial charge in [-0.25, -0.2) is 0 Å². The molecule has 0 unspecified atom stereocenters. The Morgan fingerprint density at radius 1 is 1.03 bits per heavy atom. The number of carbonyl (C=O) groups excluding carboxylic acids is 2. The van der Waals surface area contributed by atoms with Gasteiger partial charge in [0.2, 0.25) is 5.91 Å². The zero-order valence-electron chi connectivity index (χ0n) is 20.0. The summed E-state index contributed by atoms with van der Waals surface area (Å²) < 4.78 is 2.77. The summed E-state index contributed by atoms with van der Waals surface area (Å²) in [5, 5.41) is 12.8. The second-order valence-corrected chi connectivity index (χ2v) is 11.3. The summed E-state index contributed by atoms with van der Waals surface area (Å²) in [4.78, 5) is 27.9. The van der Waals surface area contributed by atoms with Gasteiger partial charge in [-0.05, 0) is 66.9 Å². The van der Waals surface area contributed by atoms with E-state index >= 15 is 0 Å². The van der Waals surface area contributed by atoms with E-state index in [-0.39, 0.29) is 29.7 Å². The van der Waals surface area contributed by atoms with Crippen LogP contribution in [-0.4, -0.2) is 38.9 Å². The lowest BCUT2D eigenvalue weighted by Gasteiger charge is -2.29. The molecule has 0 radical (unpaired) electrons. The first kappa shape index (κ1) is 26.7. The number of rotatable bonds is 7. The fourth-order valence-electron chi connectivity index (χ4n) is 4.28. The molecule has 194 valence electrons. The zero-order valence-corrected chi connectivity index (χ0v) is 23.9. The Hall–Kier alpha value is -2.85. The number of hydrogen-bond acceptors (Lipinski definition) is 5. The molecule has 3 aromatic carbocycles. The average Bonchev–Trinajstić information content (AvgIpc) is 3.34. The molecular formula is C27H22BrCl2N5O2S. The maximum atomic E-state index is 13.2. The van der Waals surface area contributed by atoms with Gasteiger partial charge in [-0.2, -0.15) is 0 Å². The Labute approximate surface area is 242 Å². The minimum Gasteiger partial charge on any atom is -0.345 e. The summed E-state index contributed by atoms with van der Waals surface area (Å²) in [6.45, 7) is 0.790. The van der Waals surface area contributed by atoms with Gasteiger partial charge < -0.3 is 10.2 Å². The summed E-state index contributed by atoms with van der Waals surface area (Å²) in [7, 11) is 0. The van der Waals surface area contributed by atoms with Crippen molar-refractivity contribution in [3.63, 3.8) is 0 Å². The van der Waals surface area contributed by atoms with Crippen molar-refractivity contribution in [2.24, 2.45) is 0 Å². The van der Waals surface area contributed by atoms with Gasteiger partial charge in [-0.3, -0.25) is 14.2 Å². The van der Waals surface area contributed by atoms with Crippen LogP contribution in [0.15, 0.2) is 76.4 Å². The van der Waals surface area contributed by atoms with Crippen LogP contribution in [0.2, 0.25) is 10.0 Å². The third-order valence-corrected chi connectivity index (χ3v) is 8.11. The number of nitrogens with one attached hydrogen (secondary N) is 1.